The molecule has 1 saturated heterocycles. The van der Waals surface area contributed by atoms with Crippen molar-refractivity contribution in [1.82, 2.24) is 4.31 Å². The van der Waals surface area contributed by atoms with Crippen molar-refractivity contribution in [2.75, 3.05) is 20.8 Å². The van der Waals surface area contributed by atoms with Gasteiger partial charge in [-0.2, -0.15) is 4.31 Å². The van der Waals surface area contributed by atoms with Crippen LogP contribution in [0.4, 0.5) is 0 Å². The van der Waals surface area contributed by atoms with Crippen LogP contribution in [0.1, 0.15) is 24.4 Å². The Balaban J connectivity index is 1.90. The van der Waals surface area contributed by atoms with E-state index in [1.165, 1.54) is 0 Å². The molecule has 0 unspecified atom stereocenters. The minimum absolute atomic E-state index is 0.136. The smallest absolute Gasteiger partial charge is 0.243 e. The van der Waals surface area contributed by atoms with Crippen LogP contribution in [-0.2, 0) is 10.0 Å². The van der Waals surface area contributed by atoms with Gasteiger partial charge in [-0.3, -0.25) is 0 Å². The molecule has 128 valence electrons. The second-order valence-electron chi connectivity index (χ2n) is 5.72. The number of methoxy groups -OCH3 is 2. The molecular weight excluding hydrogens is 326 g/mol. The summed E-state index contributed by atoms with van der Waals surface area (Å²) in [4.78, 5) is 0.295. The van der Waals surface area contributed by atoms with E-state index in [0.717, 1.165) is 24.2 Å². The molecule has 0 amide bonds. The van der Waals surface area contributed by atoms with Crippen molar-refractivity contribution in [3.8, 4) is 11.5 Å². The third-order valence-corrected chi connectivity index (χ3v) is 6.29. The summed E-state index contributed by atoms with van der Waals surface area (Å²) in [6, 6.07) is 14.0. The van der Waals surface area contributed by atoms with E-state index in [9.17, 15) is 8.42 Å². The summed E-state index contributed by atoms with van der Waals surface area (Å²) in [5.74, 6) is 1.41. The van der Waals surface area contributed by atoms with Crippen molar-refractivity contribution < 1.29 is 17.9 Å². The predicted octanol–water partition coefficient (Wildman–Crippen LogP) is 3.23. The number of benzene rings is 2. The van der Waals surface area contributed by atoms with Crippen molar-refractivity contribution in [2.45, 2.75) is 23.8 Å². The molecule has 0 bridgehead atoms. The van der Waals surface area contributed by atoms with Crippen LogP contribution in [0.3, 0.4) is 0 Å². The highest BCUT2D eigenvalue weighted by Gasteiger charge is 2.36. The molecule has 2 aromatic carbocycles. The fraction of sp³-hybridized carbons (Fsp3) is 0.333. The van der Waals surface area contributed by atoms with Crippen molar-refractivity contribution in [3.05, 3.63) is 54.1 Å². The predicted molar refractivity (Wildman–Crippen MR) is 91.9 cm³/mol. The van der Waals surface area contributed by atoms with E-state index in [1.54, 1.807) is 42.8 Å². The third-order valence-electron chi connectivity index (χ3n) is 4.37. The van der Waals surface area contributed by atoms with E-state index < -0.39 is 10.0 Å². The number of hydrogen-bond acceptors (Lipinski definition) is 4. The van der Waals surface area contributed by atoms with Crippen molar-refractivity contribution >= 4 is 10.0 Å². The summed E-state index contributed by atoms with van der Waals surface area (Å²) in [5, 5.41) is 0. The van der Waals surface area contributed by atoms with Gasteiger partial charge in [-0.1, -0.05) is 12.1 Å². The second kappa shape index (κ2) is 6.83. The number of ether oxygens (including phenoxy) is 2. The maximum atomic E-state index is 13.0. The Kier molecular flexibility index (Phi) is 4.78. The van der Waals surface area contributed by atoms with Crippen LogP contribution >= 0.6 is 0 Å². The van der Waals surface area contributed by atoms with E-state index in [-0.39, 0.29) is 6.04 Å². The van der Waals surface area contributed by atoms with Gasteiger partial charge in [0.25, 0.3) is 0 Å². The molecule has 0 aromatic heterocycles. The van der Waals surface area contributed by atoms with Crippen LogP contribution in [0.5, 0.6) is 11.5 Å². The van der Waals surface area contributed by atoms with E-state index in [4.69, 9.17) is 9.47 Å². The van der Waals surface area contributed by atoms with E-state index in [2.05, 4.69) is 0 Å². The number of sulfonamides is 1. The molecule has 2 aromatic rings. The van der Waals surface area contributed by atoms with Gasteiger partial charge in [-0.15, -0.1) is 0 Å². The van der Waals surface area contributed by atoms with E-state index >= 15 is 0 Å². The Morgan fingerprint density at radius 1 is 0.917 bits per heavy atom. The first-order valence-corrected chi connectivity index (χ1v) is 9.30. The molecule has 3 rings (SSSR count). The van der Waals surface area contributed by atoms with Crippen LogP contribution in [0.2, 0.25) is 0 Å². The normalized spacial score (nSPS) is 18.5. The molecule has 0 spiro atoms. The van der Waals surface area contributed by atoms with Gasteiger partial charge >= 0.3 is 0 Å². The van der Waals surface area contributed by atoms with Crippen molar-refractivity contribution in [2.24, 2.45) is 0 Å². The number of rotatable bonds is 5. The molecule has 1 atom stereocenters. The lowest BCUT2D eigenvalue weighted by Crippen LogP contribution is -2.30. The van der Waals surface area contributed by atoms with Crippen LogP contribution in [0, 0.1) is 0 Å². The van der Waals surface area contributed by atoms with Crippen LogP contribution in [-0.4, -0.2) is 33.5 Å². The number of nitrogens with zero attached hydrogens (tertiary/aromatic N) is 1. The molecule has 1 fully saturated rings. The molecule has 24 heavy (non-hydrogen) atoms. The van der Waals surface area contributed by atoms with Crippen molar-refractivity contribution in [1.29, 1.82) is 0 Å². The summed E-state index contributed by atoms with van der Waals surface area (Å²) < 4.78 is 37.9. The molecule has 1 aliphatic rings. The highest BCUT2D eigenvalue weighted by Crippen LogP contribution is 2.37. The molecule has 0 radical (unpaired) electrons. The molecular formula is C18H21NO4S. The summed E-state index contributed by atoms with van der Waals surface area (Å²) >= 11 is 0. The monoisotopic (exact) mass is 347 g/mol. The summed E-state index contributed by atoms with van der Waals surface area (Å²) in [6.45, 7) is 0.533. The van der Waals surface area contributed by atoms with Crippen LogP contribution in [0.15, 0.2) is 53.4 Å². The Morgan fingerprint density at radius 3 is 2.00 bits per heavy atom. The molecule has 1 heterocycles. The minimum Gasteiger partial charge on any atom is -0.497 e. The zero-order valence-corrected chi connectivity index (χ0v) is 14.6. The van der Waals surface area contributed by atoms with Gasteiger partial charge < -0.3 is 9.47 Å². The van der Waals surface area contributed by atoms with Gasteiger partial charge in [0.2, 0.25) is 10.0 Å². The van der Waals surface area contributed by atoms with Gasteiger partial charge in [-0.25, -0.2) is 8.42 Å². The Bertz CT molecular complexity index is 785. The topological polar surface area (TPSA) is 55.8 Å². The first kappa shape index (κ1) is 16.8. The van der Waals surface area contributed by atoms with E-state index in [1.807, 2.05) is 24.3 Å². The summed E-state index contributed by atoms with van der Waals surface area (Å²) in [5.41, 5.74) is 0.991. The lowest BCUT2D eigenvalue weighted by atomic mass is 10.1. The van der Waals surface area contributed by atoms with Crippen LogP contribution in [0.25, 0.3) is 0 Å². The van der Waals surface area contributed by atoms with Gasteiger partial charge in [-0.05, 0) is 54.8 Å². The molecule has 0 aliphatic carbocycles. The Labute approximate surface area is 142 Å². The fourth-order valence-corrected chi connectivity index (χ4v) is 4.75. The quantitative estimate of drug-likeness (QED) is 0.833. The van der Waals surface area contributed by atoms with Gasteiger partial charge in [0.15, 0.2) is 0 Å². The molecule has 6 heteroatoms. The zero-order chi connectivity index (χ0) is 17.2. The Morgan fingerprint density at radius 2 is 1.46 bits per heavy atom. The van der Waals surface area contributed by atoms with Gasteiger partial charge in [0.05, 0.1) is 25.2 Å². The molecule has 0 saturated carbocycles. The third kappa shape index (κ3) is 3.12. The van der Waals surface area contributed by atoms with E-state index in [0.29, 0.717) is 17.2 Å². The maximum absolute atomic E-state index is 13.0. The maximum Gasteiger partial charge on any atom is 0.243 e. The minimum atomic E-state index is -3.53. The largest absolute Gasteiger partial charge is 0.497 e. The first-order chi connectivity index (χ1) is 11.6. The van der Waals surface area contributed by atoms with Crippen LogP contribution < -0.4 is 9.47 Å². The summed E-state index contributed by atoms with van der Waals surface area (Å²) in [7, 11) is -0.355. The summed E-state index contributed by atoms with van der Waals surface area (Å²) in [6.07, 6.45) is 1.67. The lowest BCUT2D eigenvalue weighted by molar-refractivity contribution is 0.394. The lowest BCUT2D eigenvalue weighted by Gasteiger charge is -2.24. The SMILES string of the molecule is COc1ccc([C@@H]2CCCN2S(=O)(=O)c2ccc(OC)cc2)cc1. The fourth-order valence-electron chi connectivity index (χ4n) is 3.07. The van der Waals surface area contributed by atoms with Gasteiger partial charge in [0.1, 0.15) is 11.5 Å². The highest BCUT2D eigenvalue weighted by atomic mass is 32.2. The highest BCUT2D eigenvalue weighted by molar-refractivity contribution is 7.89. The first-order valence-electron chi connectivity index (χ1n) is 7.86. The molecule has 1 aliphatic heterocycles. The zero-order valence-electron chi connectivity index (χ0n) is 13.8. The molecule has 0 N–H and O–H groups in total. The van der Waals surface area contributed by atoms with Crippen molar-refractivity contribution in [3.63, 3.8) is 0 Å². The van der Waals surface area contributed by atoms with Gasteiger partial charge in [0, 0.05) is 6.54 Å². The molecule has 5 nitrogen and oxygen atoms in total. The average Bonchev–Trinajstić information content (AvgIpc) is 3.12. The average molecular weight is 347 g/mol. The standard InChI is InChI=1S/C18H21NO4S/c1-22-15-7-5-14(6-8-15)18-4-3-13-19(18)24(20,21)17-11-9-16(23-2)10-12-17/h5-12,18H,3-4,13H2,1-2H3/t18-/m0/s1. The Hall–Kier alpha value is -2.05. The second-order valence-corrected chi connectivity index (χ2v) is 7.61. The number of hydrogen-bond donors (Lipinski definition) is 0.